The second-order valence-electron chi connectivity index (χ2n) is 5.39. The van der Waals surface area contributed by atoms with Crippen molar-refractivity contribution >= 4 is 24.4 Å². The van der Waals surface area contributed by atoms with Crippen LogP contribution in [0.1, 0.15) is 12.5 Å². The highest BCUT2D eigenvalue weighted by Gasteiger charge is 2.12. The quantitative estimate of drug-likeness (QED) is 0.314. The minimum atomic E-state index is -0.450. The van der Waals surface area contributed by atoms with Gasteiger partial charge in [-0.2, -0.15) is 14.9 Å². The molecule has 1 heterocycles. The molecule has 0 aliphatic rings. The molecular formula is C18H15FN4O3S. The van der Waals surface area contributed by atoms with Gasteiger partial charge in [0.05, 0.1) is 18.9 Å². The standard InChI is InChI=1S/C18H15FN4O3S/c1-11(24)26-15-8-7-12(9-16(15)25-2)10-20-23-17(21-22-18(23)27)13-5-3-4-6-14(13)19/h3-10H,1-2H3,(H,22,27)/b20-10+. The zero-order valence-electron chi connectivity index (χ0n) is 14.5. The summed E-state index contributed by atoms with van der Waals surface area (Å²) in [6.07, 6.45) is 1.51. The van der Waals surface area contributed by atoms with E-state index >= 15 is 0 Å². The largest absolute Gasteiger partial charge is 0.493 e. The topological polar surface area (TPSA) is 81.5 Å². The second kappa shape index (κ2) is 7.92. The number of ether oxygens (including phenoxy) is 2. The van der Waals surface area contributed by atoms with Crippen molar-refractivity contribution in [3.63, 3.8) is 0 Å². The van der Waals surface area contributed by atoms with Crippen LogP contribution in [0.3, 0.4) is 0 Å². The number of nitrogens with one attached hydrogen (secondary N) is 1. The number of carbonyl (C=O) groups is 1. The number of nitrogens with zero attached hydrogens (tertiary/aromatic N) is 3. The Kier molecular flexibility index (Phi) is 5.41. The highest BCUT2D eigenvalue weighted by molar-refractivity contribution is 7.71. The summed E-state index contributed by atoms with van der Waals surface area (Å²) in [5.41, 5.74) is 0.926. The van der Waals surface area contributed by atoms with Crippen LogP contribution >= 0.6 is 12.2 Å². The Morgan fingerprint density at radius 3 is 2.78 bits per heavy atom. The number of hydrogen-bond donors (Lipinski definition) is 1. The lowest BCUT2D eigenvalue weighted by atomic mass is 10.2. The minimum Gasteiger partial charge on any atom is -0.493 e. The summed E-state index contributed by atoms with van der Waals surface area (Å²) in [5, 5.41) is 10.9. The van der Waals surface area contributed by atoms with Gasteiger partial charge in [-0.3, -0.25) is 4.79 Å². The third-order valence-corrected chi connectivity index (χ3v) is 3.79. The molecule has 7 nitrogen and oxygen atoms in total. The molecule has 0 bridgehead atoms. The first-order valence-corrected chi connectivity index (χ1v) is 8.23. The molecule has 0 spiro atoms. The highest BCUT2D eigenvalue weighted by atomic mass is 32.1. The van der Waals surface area contributed by atoms with E-state index < -0.39 is 11.8 Å². The van der Waals surface area contributed by atoms with Crippen molar-refractivity contribution in [2.75, 3.05) is 7.11 Å². The minimum absolute atomic E-state index is 0.216. The molecule has 0 saturated carbocycles. The molecule has 138 valence electrons. The van der Waals surface area contributed by atoms with Gasteiger partial charge in [0.1, 0.15) is 5.82 Å². The molecule has 0 aliphatic heterocycles. The van der Waals surface area contributed by atoms with Gasteiger partial charge >= 0.3 is 5.97 Å². The lowest BCUT2D eigenvalue weighted by Gasteiger charge is -2.08. The van der Waals surface area contributed by atoms with E-state index in [0.717, 1.165) is 0 Å². The summed E-state index contributed by atoms with van der Waals surface area (Å²) in [4.78, 5) is 11.1. The fourth-order valence-electron chi connectivity index (χ4n) is 2.34. The Morgan fingerprint density at radius 2 is 2.07 bits per heavy atom. The maximum atomic E-state index is 14.1. The number of benzene rings is 2. The third kappa shape index (κ3) is 4.09. The maximum Gasteiger partial charge on any atom is 0.308 e. The van der Waals surface area contributed by atoms with E-state index in [-0.39, 0.29) is 16.2 Å². The fourth-order valence-corrected chi connectivity index (χ4v) is 2.52. The zero-order valence-corrected chi connectivity index (χ0v) is 15.3. The Labute approximate surface area is 159 Å². The van der Waals surface area contributed by atoms with Gasteiger partial charge in [-0.05, 0) is 48.1 Å². The van der Waals surface area contributed by atoms with Crippen LogP contribution in [-0.4, -0.2) is 34.2 Å². The van der Waals surface area contributed by atoms with Gasteiger partial charge in [-0.25, -0.2) is 9.49 Å². The predicted octanol–water partition coefficient (Wildman–Crippen LogP) is 3.56. The third-order valence-electron chi connectivity index (χ3n) is 3.53. The smallest absolute Gasteiger partial charge is 0.308 e. The molecule has 9 heteroatoms. The molecular weight excluding hydrogens is 371 g/mol. The number of carbonyl (C=O) groups excluding carboxylic acids is 1. The summed E-state index contributed by atoms with van der Waals surface area (Å²) in [5.74, 6) is 0.0375. The molecule has 1 aromatic heterocycles. The summed E-state index contributed by atoms with van der Waals surface area (Å²) < 4.78 is 25.9. The van der Waals surface area contributed by atoms with Crippen LogP contribution in [0.25, 0.3) is 11.4 Å². The van der Waals surface area contributed by atoms with Crippen LogP contribution in [-0.2, 0) is 4.79 Å². The van der Waals surface area contributed by atoms with Crippen molar-refractivity contribution in [2.24, 2.45) is 5.10 Å². The van der Waals surface area contributed by atoms with Gasteiger partial charge < -0.3 is 9.47 Å². The Bertz CT molecular complexity index is 1070. The van der Waals surface area contributed by atoms with Gasteiger partial charge in [0.15, 0.2) is 17.3 Å². The first kappa shape index (κ1) is 18.5. The van der Waals surface area contributed by atoms with Gasteiger partial charge in [0.2, 0.25) is 4.77 Å². The molecule has 3 aromatic rings. The molecule has 0 aliphatic carbocycles. The first-order valence-electron chi connectivity index (χ1n) is 7.82. The van der Waals surface area contributed by atoms with E-state index in [0.29, 0.717) is 17.1 Å². The molecule has 0 fully saturated rings. The molecule has 0 atom stereocenters. The zero-order chi connectivity index (χ0) is 19.4. The van der Waals surface area contributed by atoms with Crippen molar-refractivity contribution in [1.82, 2.24) is 14.9 Å². The normalized spacial score (nSPS) is 10.9. The number of aromatic nitrogens is 3. The molecule has 0 unspecified atom stereocenters. The second-order valence-corrected chi connectivity index (χ2v) is 5.78. The maximum absolute atomic E-state index is 14.1. The lowest BCUT2D eigenvalue weighted by Crippen LogP contribution is -2.03. The Balaban J connectivity index is 1.96. The fraction of sp³-hybridized carbons (Fsp3) is 0.111. The van der Waals surface area contributed by atoms with Crippen LogP contribution < -0.4 is 9.47 Å². The number of hydrogen-bond acceptors (Lipinski definition) is 6. The van der Waals surface area contributed by atoms with E-state index in [2.05, 4.69) is 15.3 Å². The molecule has 0 saturated heterocycles. The van der Waals surface area contributed by atoms with Crippen molar-refractivity contribution in [3.05, 3.63) is 58.6 Å². The highest BCUT2D eigenvalue weighted by Crippen LogP contribution is 2.28. The van der Waals surface area contributed by atoms with Crippen molar-refractivity contribution in [3.8, 4) is 22.9 Å². The van der Waals surface area contributed by atoms with Crippen LogP contribution in [0, 0.1) is 10.6 Å². The average molecular weight is 386 g/mol. The van der Waals surface area contributed by atoms with Gasteiger partial charge in [0.25, 0.3) is 0 Å². The van der Waals surface area contributed by atoms with Gasteiger partial charge in [-0.15, -0.1) is 0 Å². The van der Waals surface area contributed by atoms with Crippen molar-refractivity contribution in [1.29, 1.82) is 0 Å². The number of H-pyrrole nitrogens is 1. The van der Waals surface area contributed by atoms with Crippen LogP contribution in [0.2, 0.25) is 0 Å². The summed E-state index contributed by atoms with van der Waals surface area (Å²) >= 11 is 5.17. The summed E-state index contributed by atoms with van der Waals surface area (Å²) in [6, 6.07) is 11.1. The molecule has 0 amide bonds. The van der Waals surface area contributed by atoms with Crippen molar-refractivity contribution < 1.29 is 18.7 Å². The van der Waals surface area contributed by atoms with E-state index in [1.54, 1.807) is 36.4 Å². The monoisotopic (exact) mass is 386 g/mol. The molecule has 27 heavy (non-hydrogen) atoms. The molecule has 0 radical (unpaired) electrons. The predicted molar refractivity (Wildman–Crippen MR) is 100 cm³/mol. The van der Waals surface area contributed by atoms with E-state index in [1.807, 2.05) is 0 Å². The van der Waals surface area contributed by atoms with Gasteiger partial charge in [0, 0.05) is 6.92 Å². The Hall–Kier alpha value is -3.33. The van der Waals surface area contributed by atoms with Gasteiger partial charge in [-0.1, -0.05) is 12.1 Å². The number of methoxy groups -OCH3 is 1. The molecule has 3 rings (SSSR count). The number of rotatable bonds is 5. The molecule has 1 N–H and O–H groups in total. The van der Waals surface area contributed by atoms with Crippen LogP contribution in [0.4, 0.5) is 4.39 Å². The van der Waals surface area contributed by atoms with Crippen LogP contribution in [0.5, 0.6) is 11.5 Å². The summed E-state index contributed by atoms with van der Waals surface area (Å²) in [6.45, 7) is 1.31. The SMILES string of the molecule is COc1cc(/C=N/n2c(-c3ccccc3F)n[nH]c2=S)ccc1OC(C)=O. The Morgan fingerprint density at radius 1 is 1.30 bits per heavy atom. The number of esters is 1. The van der Waals surface area contributed by atoms with E-state index in [1.165, 1.54) is 31.0 Å². The van der Waals surface area contributed by atoms with Crippen LogP contribution in [0.15, 0.2) is 47.6 Å². The lowest BCUT2D eigenvalue weighted by molar-refractivity contribution is -0.132. The van der Waals surface area contributed by atoms with E-state index in [9.17, 15) is 9.18 Å². The first-order chi connectivity index (χ1) is 13.0. The van der Waals surface area contributed by atoms with Crippen molar-refractivity contribution in [2.45, 2.75) is 6.92 Å². The number of aromatic amines is 1. The summed E-state index contributed by atoms with van der Waals surface area (Å²) in [7, 11) is 1.46. The molecule has 2 aromatic carbocycles. The average Bonchev–Trinajstić information content (AvgIpc) is 3.01. The van der Waals surface area contributed by atoms with E-state index in [4.69, 9.17) is 21.7 Å². The number of halogens is 1.